The van der Waals surface area contributed by atoms with Gasteiger partial charge < -0.3 is 29.6 Å². The lowest BCUT2D eigenvalue weighted by molar-refractivity contribution is -0.385. The number of carbonyl (C=O) groups is 2. The van der Waals surface area contributed by atoms with E-state index in [1.165, 1.54) is 26.4 Å². The molecule has 168 valence electrons. The topological polar surface area (TPSA) is 138 Å². The van der Waals surface area contributed by atoms with Crippen molar-refractivity contribution in [1.82, 2.24) is 10.6 Å². The third-order valence-electron chi connectivity index (χ3n) is 3.58. The van der Waals surface area contributed by atoms with E-state index in [9.17, 15) is 19.7 Å². The normalized spacial score (nSPS) is 10.7. The Bertz CT molecular complexity index is 746. The molecule has 1 rings (SSSR count). The van der Waals surface area contributed by atoms with Crippen LogP contribution in [0.25, 0.3) is 0 Å². The smallest absolute Gasteiger partial charge is 0.407 e. The van der Waals surface area contributed by atoms with Crippen LogP contribution in [0.15, 0.2) is 12.1 Å². The Labute approximate surface area is 175 Å². The number of carbonyl (C=O) groups excluding carboxylic acids is 2. The highest BCUT2D eigenvalue weighted by molar-refractivity contribution is 5.76. The summed E-state index contributed by atoms with van der Waals surface area (Å²) in [4.78, 5) is 33.9. The first kappa shape index (κ1) is 24.8. The number of ether oxygens (including phenoxy) is 4. The number of rotatable bonds is 11. The predicted molar refractivity (Wildman–Crippen MR) is 108 cm³/mol. The van der Waals surface area contributed by atoms with Gasteiger partial charge in [0.25, 0.3) is 0 Å². The number of hydrogen-bond donors (Lipinski definition) is 2. The van der Waals surface area contributed by atoms with Crippen LogP contribution in [-0.4, -0.2) is 56.4 Å². The van der Waals surface area contributed by atoms with E-state index in [-0.39, 0.29) is 55.0 Å². The second kappa shape index (κ2) is 11.7. The molecule has 0 aromatic heterocycles. The summed E-state index contributed by atoms with van der Waals surface area (Å²) in [5.41, 5.74) is -0.830. The van der Waals surface area contributed by atoms with Crippen LogP contribution in [0.3, 0.4) is 0 Å². The number of alkyl carbamates (subject to hydrolysis) is 1. The molecule has 11 heteroatoms. The predicted octanol–water partition coefficient (Wildman–Crippen LogP) is 2.41. The molecule has 0 aliphatic heterocycles. The van der Waals surface area contributed by atoms with Gasteiger partial charge in [-0.15, -0.1) is 0 Å². The molecule has 2 amide bonds. The number of methoxy groups -OCH3 is 2. The maximum atomic E-state index is 11.8. The SMILES string of the molecule is COc1cc(OC)c([N+](=O)[O-])cc1OCCCC(=O)NCCNC(=O)OC(C)(C)C. The summed E-state index contributed by atoms with van der Waals surface area (Å²) in [7, 11) is 2.73. The van der Waals surface area contributed by atoms with Crippen molar-refractivity contribution in [1.29, 1.82) is 0 Å². The van der Waals surface area contributed by atoms with E-state index in [1.54, 1.807) is 20.8 Å². The minimum Gasteiger partial charge on any atom is -0.493 e. The molecule has 0 heterocycles. The van der Waals surface area contributed by atoms with Gasteiger partial charge in [0.15, 0.2) is 11.5 Å². The zero-order valence-corrected chi connectivity index (χ0v) is 17.9. The maximum absolute atomic E-state index is 11.8. The molecular formula is C19H29N3O8. The van der Waals surface area contributed by atoms with E-state index in [0.29, 0.717) is 6.42 Å². The van der Waals surface area contributed by atoms with Crippen LogP contribution in [0.5, 0.6) is 17.2 Å². The zero-order valence-electron chi connectivity index (χ0n) is 17.9. The quantitative estimate of drug-likeness (QED) is 0.312. The van der Waals surface area contributed by atoms with Gasteiger partial charge >= 0.3 is 11.8 Å². The molecule has 0 aliphatic carbocycles. The Morgan fingerprint density at radius 3 is 2.23 bits per heavy atom. The van der Waals surface area contributed by atoms with E-state index in [2.05, 4.69) is 10.6 Å². The van der Waals surface area contributed by atoms with Crippen LogP contribution >= 0.6 is 0 Å². The van der Waals surface area contributed by atoms with Crippen molar-refractivity contribution in [2.24, 2.45) is 0 Å². The monoisotopic (exact) mass is 427 g/mol. The largest absolute Gasteiger partial charge is 0.493 e. The lowest BCUT2D eigenvalue weighted by atomic mass is 10.2. The Morgan fingerprint density at radius 1 is 1.03 bits per heavy atom. The molecule has 2 N–H and O–H groups in total. The molecule has 30 heavy (non-hydrogen) atoms. The number of hydrogen-bond acceptors (Lipinski definition) is 8. The van der Waals surface area contributed by atoms with E-state index < -0.39 is 16.6 Å². The molecule has 0 aliphatic rings. The maximum Gasteiger partial charge on any atom is 0.407 e. The number of nitrogens with zero attached hydrogens (tertiary/aromatic N) is 1. The summed E-state index contributed by atoms with van der Waals surface area (Å²) in [6, 6.07) is 2.60. The van der Waals surface area contributed by atoms with Crippen LogP contribution in [-0.2, 0) is 9.53 Å². The average Bonchev–Trinajstić information content (AvgIpc) is 2.66. The number of benzene rings is 1. The summed E-state index contributed by atoms with van der Waals surface area (Å²) in [6.45, 7) is 5.94. The van der Waals surface area contributed by atoms with E-state index >= 15 is 0 Å². The van der Waals surface area contributed by atoms with Gasteiger partial charge in [-0.1, -0.05) is 0 Å². The first-order valence-corrected chi connectivity index (χ1v) is 9.34. The number of amides is 2. The Balaban J connectivity index is 2.38. The molecule has 1 aromatic carbocycles. The molecule has 0 radical (unpaired) electrons. The fraction of sp³-hybridized carbons (Fsp3) is 0.579. The van der Waals surface area contributed by atoms with Crippen LogP contribution in [0.4, 0.5) is 10.5 Å². The van der Waals surface area contributed by atoms with Gasteiger partial charge in [-0.3, -0.25) is 14.9 Å². The lowest BCUT2D eigenvalue weighted by Crippen LogP contribution is -2.37. The van der Waals surface area contributed by atoms with Gasteiger partial charge in [0.1, 0.15) is 5.60 Å². The molecule has 0 fully saturated rings. The summed E-state index contributed by atoms with van der Waals surface area (Å²) in [6.07, 6.45) is 0.0223. The van der Waals surface area contributed by atoms with E-state index in [4.69, 9.17) is 18.9 Å². The lowest BCUT2D eigenvalue weighted by Gasteiger charge is -2.19. The number of nitro benzene ring substituents is 1. The van der Waals surface area contributed by atoms with Gasteiger partial charge in [0.05, 0.1) is 31.8 Å². The van der Waals surface area contributed by atoms with Crippen LogP contribution in [0.2, 0.25) is 0 Å². The highest BCUT2D eigenvalue weighted by Gasteiger charge is 2.20. The molecule has 0 spiro atoms. The minimum absolute atomic E-state index is 0.0589. The highest BCUT2D eigenvalue weighted by Crippen LogP contribution is 2.39. The van der Waals surface area contributed by atoms with Gasteiger partial charge in [-0.05, 0) is 27.2 Å². The molecular weight excluding hydrogens is 398 g/mol. The van der Waals surface area contributed by atoms with Gasteiger partial charge in [-0.2, -0.15) is 0 Å². The zero-order chi connectivity index (χ0) is 22.7. The van der Waals surface area contributed by atoms with E-state index in [0.717, 1.165) is 0 Å². The van der Waals surface area contributed by atoms with E-state index in [1.807, 2.05) is 0 Å². The first-order chi connectivity index (χ1) is 14.1. The van der Waals surface area contributed by atoms with Gasteiger partial charge in [0, 0.05) is 25.6 Å². The highest BCUT2D eigenvalue weighted by atomic mass is 16.6. The fourth-order valence-electron chi connectivity index (χ4n) is 2.29. The Morgan fingerprint density at radius 2 is 1.67 bits per heavy atom. The van der Waals surface area contributed by atoms with Gasteiger partial charge in [0.2, 0.25) is 11.7 Å². The Hall–Kier alpha value is -3.24. The van der Waals surface area contributed by atoms with Crippen molar-refractivity contribution in [3.05, 3.63) is 22.2 Å². The van der Waals surface area contributed by atoms with Crippen molar-refractivity contribution in [2.45, 2.75) is 39.2 Å². The Kier molecular flexibility index (Phi) is 9.66. The van der Waals surface area contributed by atoms with Crippen LogP contribution < -0.4 is 24.8 Å². The summed E-state index contributed by atoms with van der Waals surface area (Å²) < 4.78 is 20.8. The average molecular weight is 427 g/mol. The van der Waals surface area contributed by atoms with Crippen molar-refractivity contribution in [3.63, 3.8) is 0 Å². The molecule has 1 aromatic rings. The van der Waals surface area contributed by atoms with Crippen molar-refractivity contribution >= 4 is 17.7 Å². The summed E-state index contributed by atoms with van der Waals surface area (Å²) in [5.74, 6) is 0.322. The molecule has 11 nitrogen and oxygen atoms in total. The van der Waals surface area contributed by atoms with Crippen molar-refractivity contribution < 1.29 is 33.5 Å². The van der Waals surface area contributed by atoms with Crippen molar-refractivity contribution in [2.75, 3.05) is 33.9 Å². The summed E-state index contributed by atoms with van der Waals surface area (Å²) >= 11 is 0. The molecule has 0 saturated heterocycles. The number of nitrogens with one attached hydrogen (secondary N) is 2. The third kappa shape index (κ3) is 8.84. The minimum atomic E-state index is -0.583. The standard InChI is InChI=1S/C19H29N3O8/c1-19(2,3)30-18(24)21-9-8-20-17(23)7-6-10-29-16-11-13(22(25)26)14(27-4)12-15(16)28-5/h11-12H,6-10H2,1-5H3,(H,20,23)(H,21,24). The molecule has 0 atom stereocenters. The second-order valence-corrected chi connectivity index (χ2v) is 7.16. The molecule has 0 saturated carbocycles. The van der Waals surface area contributed by atoms with Crippen molar-refractivity contribution in [3.8, 4) is 17.2 Å². The number of nitro groups is 1. The summed E-state index contributed by atoms with van der Waals surface area (Å²) in [5, 5.41) is 16.3. The first-order valence-electron chi connectivity index (χ1n) is 9.34. The van der Waals surface area contributed by atoms with Crippen LogP contribution in [0.1, 0.15) is 33.6 Å². The third-order valence-corrected chi connectivity index (χ3v) is 3.58. The molecule has 0 bridgehead atoms. The second-order valence-electron chi connectivity index (χ2n) is 7.16. The van der Waals surface area contributed by atoms with Gasteiger partial charge in [-0.25, -0.2) is 4.79 Å². The molecule has 0 unspecified atom stereocenters. The van der Waals surface area contributed by atoms with Crippen LogP contribution in [0, 0.1) is 10.1 Å². The fourth-order valence-corrected chi connectivity index (χ4v) is 2.29.